The van der Waals surface area contributed by atoms with Crippen LogP contribution in [0.25, 0.3) is 0 Å². The van der Waals surface area contributed by atoms with Crippen molar-refractivity contribution in [2.45, 2.75) is 25.7 Å². The van der Waals surface area contributed by atoms with Gasteiger partial charge in [-0.05, 0) is 19.1 Å². The normalized spacial score (nSPS) is 24.3. The summed E-state index contributed by atoms with van der Waals surface area (Å²) < 4.78 is 6.69. The Hall–Kier alpha value is -0.620. The van der Waals surface area contributed by atoms with Crippen molar-refractivity contribution in [3.8, 4) is 0 Å². The molecule has 2 rings (SSSR count). The fourth-order valence-corrected chi connectivity index (χ4v) is 2.91. The van der Waals surface area contributed by atoms with E-state index >= 15 is 0 Å². The number of hydrogen-bond donors (Lipinski definition) is 2. The summed E-state index contributed by atoms with van der Waals surface area (Å²) in [6.07, 6.45) is -0.0149. The molecular weight excluding hydrogens is 296 g/mol. The van der Waals surface area contributed by atoms with Crippen molar-refractivity contribution in [3.63, 3.8) is 0 Å². The minimum Gasteiger partial charge on any atom is -0.394 e. The summed E-state index contributed by atoms with van der Waals surface area (Å²) in [5, 5.41) is 9.27. The van der Waals surface area contributed by atoms with Gasteiger partial charge in [-0.3, -0.25) is 0 Å². The lowest BCUT2D eigenvalue weighted by molar-refractivity contribution is -0.0421. The zero-order chi connectivity index (χ0) is 13.1. The number of aliphatic hydroxyl groups excluding tert-OH is 1. The van der Waals surface area contributed by atoms with Crippen molar-refractivity contribution in [3.05, 3.63) is 28.2 Å². The molecule has 1 aliphatic heterocycles. The summed E-state index contributed by atoms with van der Waals surface area (Å²) in [6, 6.07) is 6.07. The molecule has 4 nitrogen and oxygen atoms in total. The van der Waals surface area contributed by atoms with Gasteiger partial charge in [-0.2, -0.15) is 0 Å². The van der Waals surface area contributed by atoms with E-state index in [1.165, 1.54) is 0 Å². The second-order valence-corrected chi connectivity index (χ2v) is 5.45. The van der Waals surface area contributed by atoms with Crippen LogP contribution in [0, 0.1) is 0 Å². The van der Waals surface area contributed by atoms with E-state index in [1.54, 1.807) is 0 Å². The Balaban J connectivity index is 2.27. The van der Waals surface area contributed by atoms with Crippen LogP contribution in [0.3, 0.4) is 0 Å². The first kappa shape index (κ1) is 13.8. The largest absolute Gasteiger partial charge is 0.394 e. The topological polar surface area (TPSA) is 58.7 Å². The number of rotatable bonds is 3. The number of nitrogens with two attached hydrogens (primary N) is 1. The van der Waals surface area contributed by atoms with Crippen LogP contribution in [-0.4, -0.2) is 37.0 Å². The number of nitrogens with zero attached hydrogens (tertiary/aromatic N) is 1. The number of aliphatic hydroxyl groups is 1. The molecule has 1 fully saturated rings. The van der Waals surface area contributed by atoms with Gasteiger partial charge in [-0.15, -0.1) is 0 Å². The molecule has 1 heterocycles. The maximum absolute atomic E-state index is 9.27. The number of hydrogen-bond acceptors (Lipinski definition) is 4. The van der Waals surface area contributed by atoms with Crippen LogP contribution in [-0.2, 0) is 11.3 Å². The highest BCUT2D eigenvalue weighted by molar-refractivity contribution is 9.10. The average molecular weight is 315 g/mol. The molecule has 0 radical (unpaired) electrons. The Labute approximate surface area is 116 Å². The fraction of sp³-hybridized carbons (Fsp3) is 0.538. The SMILES string of the molecule is CC1CN(c2cccc(Br)c2CN)CC(CO)O1. The number of anilines is 1. The van der Waals surface area contributed by atoms with E-state index in [-0.39, 0.29) is 18.8 Å². The molecule has 1 aromatic carbocycles. The number of benzene rings is 1. The van der Waals surface area contributed by atoms with E-state index in [2.05, 4.69) is 26.9 Å². The maximum Gasteiger partial charge on any atom is 0.0984 e. The van der Waals surface area contributed by atoms with Crippen molar-refractivity contribution in [1.82, 2.24) is 0 Å². The lowest BCUT2D eigenvalue weighted by Gasteiger charge is -2.38. The number of morpholine rings is 1. The number of ether oxygens (including phenoxy) is 1. The third-order valence-corrected chi connectivity index (χ3v) is 3.91. The Kier molecular flexibility index (Phi) is 4.61. The Morgan fingerprint density at radius 1 is 1.50 bits per heavy atom. The molecular formula is C13H19BrN2O2. The highest BCUT2D eigenvalue weighted by Crippen LogP contribution is 2.29. The Morgan fingerprint density at radius 3 is 2.94 bits per heavy atom. The van der Waals surface area contributed by atoms with Crippen LogP contribution >= 0.6 is 15.9 Å². The highest BCUT2D eigenvalue weighted by atomic mass is 79.9. The van der Waals surface area contributed by atoms with Gasteiger partial charge in [0, 0.05) is 35.4 Å². The van der Waals surface area contributed by atoms with Crippen molar-refractivity contribution < 1.29 is 9.84 Å². The standard InChI is InChI=1S/C13H19BrN2O2/c1-9-6-16(7-10(8-17)18-9)13-4-2-3-12(14)11(13)5-15/h2-4,9-10,17H,5-8,15H2,1H3. The van der Waals surface area contributed by atoms with E-state index in [0.717, 1.165) is 22.3 Å². The molecule has 18 heavy (non-hydrogen) atoms. The van der Waals surface area contributed by atoms with E-state index in [0.29, 0.717) is 13.1 Å². The Bertz CT molecular complexity index is 414. The van der Waals surface area contributed by atoms with Gasteiger partial charge in [0.15, 0.2) is 0 Å². The molecule has 1 aliphatic rings. The predicted octanol–water partition coefficient (Wildman–Crippen LogP) is 1.49. The molecule has 0 bridgehead atoms. The molecule has 1 aromatic rings. The van der Waals surface area contributed by atoms with Crippen LogP contribution in [0.15, 0.2) is 22.7 Å². The smallest absolute Gasteiger partial charge is 0.0984 e. The van der Waals surface area contributed by atoms with Gasteiger partial charge in [-0.25, -0.2) is 0 Å². The summed E-state index contributed by atoms with van der Waals surface area (Å²) in [5.74, 6) is 0. The highest BCUT2D eigenvalue weighted by Gasteiger charge is 2.26. The minimum atomic E-state index is -0.127. The quantitative estimate of drug-likeness (QED) is 0.887. The minimum absolute atomic E-state index is 0.0484. The fourth-order valence-electron chi connectivity index (χ4n) is 2.39. The summed E-state index contributed by atoms with van der Waals surface area (Å²) in [6.45, 7) is 4.08. The second kappa shape index (κ2) is 6.02. The van der Waals surface area contributed by atoms with Gasteiger partial charge in [0.25, 0.3) is 0 Å². The summed E-state index contributed by atoms with van der Waals surface area (Å²) in [5.41, 5.74) is 8.05. The van der Waals surface area contributed by atoms with E-state index in [4.69, 9.17) is 10.5 Å². The first-order valence-electron chi connectivity index (χ1n) is 6.14. The predicted molar refractivity (Wildman–Crippen MR) is 75.7 cm³/mol. The van der Waals surface area contributed by atoms with Crippen molar-refractivity contribution >= 4 is 21.6 Å². The van der Waals surface area contributed by atoms with E-state index < -0.39 is 0 Å². The van der Waals surface area contributed by atoms with Crippen molar-refractivity contribution in [2.24, 2.45) is 5.73 Å². The molecule has 0 aromatic heterocycles. The average Bonchev–Trinajstić information content (AvgIpc) is 2.37. The van der Waals surface area contributed by atoms with Crippen LogP contribution in [0.2, 0.25) is 0 Å². The Morgan fingerprint density at radius 2 is 2.28 bits per heavy atom. The van der Waals surface area contributed by atoms with Crippen LogP contribution in [0.4, 0.5) is 5.69 Å². The summed E-state index contributed by atoms with van der Waals surface area (Å²) >= 11 is 3.53. The van der Waals surface area contributed by atoms with Crippen LogP contribution < -0.4 is 10.6 Å². The van der Waals surface area contributed by atoms with Crippen molar-refractivity contribution in [1.29, 1.82) is 0 Å². The molecule has 1 saturated heterocycles. The summed E-state index contributed by atoms with van der Waals surface area (Å²) in [4.78, 5) is 2.24. The van der Waals surface area contributed by atoms with Gasteiger partial charge < -0.3 is 20.5 Å². The van der Waals surface area contributed by atoms with Gasteiger partial charge in [0.2, 0.25) is 0 Å². The first-order chi connectivity index (χ1) is 8.65. The monoisotopic (exact) mass is 314 g/mol. The molecule has 5 heteroatoms. The zero-order valence-corrected chi connectivity index (χ0v) is 12.1. The van der Waals surface area contributed by atoms with Gasteiger partial charge >= 0.3 is 0 Å². The lowest BCUT2D eigenvalue weighted by Crippen LogP contribution is -2.48. The zero-order valence-electron chi connectivity index (χ0n) is 10.5. The van der Waals surface area contributed by atoms with E-state index in [1.807, 2.05) is 19.1 Å². The van der Waals surface area contributed by atoms with Crippen LogP contribution in [0.1, 0.15) is 12.5 Å². The summed E-state index contributed by atoms with van der Waals surface area (Å²) in [7, 11) is 0. The van der Waals surface area contributed by atoms with Gasteiger partial charge in [0.05, 0.1) is 18.8 Å². The van der Waals surface area contributed by atoms with Gasteiger partial charge in [0.1, 0.15) is 0 Å². The molecule has 3 N–H and O–H groups in total. The molecule has 100 valence electrons. The molecule has 0 amide bonds. The molecule has 0 aliphatic carbocycles. The van der Waals surface area contributed by atoms with Gasteiger partial charge in [-0.1, -0.05) is 22.0 Å². The second-order valence-electron chi connectivity index (χ2n) is 4.60. The molecule has 0 saturated carbocycles. The third-order valence-electron chi connectivity index (χ3n) is 3.17. The van der Waals surface area contributed by atoms with Crippen LogP contribution in [0.5, 0.6) is 0 Å². The van der Waals surface area contributed by atoms with Crippen molar-refractivity contribution in [2.75, 3.05) is 24.6 Å². The lowest BCUT2D eigenvalue weighted by atomic mass is 10.1. The number of halogens is 1. The van der Waals surface area contributed by atoms with E-state index in [9.17, 15) is 5.11 Å². The molecule has 0 spiro atoms. The third kappa shape index (κ3) is 2.85. The molecule has 2 unspecified atom stereocenters. The molecule has 2 atom stereocenters. The maximum atomic E-state index is 9.27. The first-order valence-corrected chi connectivity index (χ1v) is 6.93.